The van der Waals surface area contributed by atoms with Crippen LogP contribution in [-0.4, -0.2) is 47.9 Å². The van der Waals surface area contributed by atoms with E-state index in [0.717, 1.165) is 42.4 Å². The maximum Gasteiger partial charge on any atom is 0.255 e. The van der Waals surface area contributed by atoms with E-state index in [0.29, 0.717) is 25.9 Å². The summed E-state index contributed by atoms with van der Waals surface area (Å²) in [6, 6.07) is 15.6. The number of hydrogen-bond acceptors (Lipinski definition) is 4. The number of halogens is 2. The van der Waals surface area contributed by atoms with Crippen LogP contribution in [0.1, 0.15) is 52.7 Å². The zero-order chi connectivity index (χ0) is 26.7. The monoisotopic (exact) mass is 519 g/mol. The van der Waals surface area contributed by atoms with Crippen LogP contribution in [-0.2, 0) is 17.6 Å². The van der Waals surface area contributed by atoms with Crippen LogP contribution in [0.2, 0.25) is 0 Å². The van der Waals surface area contributed by atoms with Crippen LogP contribution in [0.3, 0.4) is 0 Å². The van der Waals surface area contributed by atoms with Crippen molar-refractivity contribution >= 4 is 11.8 Å². The molecule has 0 unspecified atom stereocenters. The van der Waals surface area contributed by atoms with Crippen molar-refractivity contribution in [2.24, 2.45) is 5.41 Å². The number of hydrogen-bond donors (Lipinski definition) is 1. The molecule has 0 bridgehead atoms. The fourth-order valence-corrected chi connectivity index (χ4v) is 5.65. The third kappa shape index (κ3) is 5.69. The molecule has 6 nitrogen and oxygen atoms in total. The number of nitrogens with one attached hydrogen (secondary N) is 1. The van der Waals surface area contributed by atoms with Gasteiger partial charge in [-0.1, -0.05) is 36.4 Å². The van der Waals surface area contributed by atoms with Gasteiger partial charge in [-0.05, 0) is 67.0 Å². The van der Waals surface area contributed by atoms with Crippen LogP contribution >= 0.6 is 0 Å². The highest BCUT2D eigenvalue weighted by Crippen LogP contribution is 2.44. The lowest BCUT2D eigenvalue weighted by atomic mass is 9.67. The van der Waals surface area contributed by atoms with Crippen LogP contribution in [0.5, 0.6) is 5.88 Å². The Balaban J connectivity index is 1.10. The summed E-state index contributed by atoms with van der Waals surface area (Å²) in [7, 11) is 1.33. The molecule has 2 heterocycles. The minimum Gasteiger partial charge on any atom is -0.479 e. The van der Waals surface area contributed by atoms with Crippen LogP contribution in [0.4, 0.5) is 8.78 Å². The Kier molecular flexibility index (Phi) is 7.40. The molecule has 1 spiro atoms. The zero-order valence-corrected chi connectivity index (χ0v) is 21.4. The van der Waals surface area contributed by atoms with Gasteiger partial charge < -0.3 is 15.0 Å². The van der Waals surface area contributed by atoms with Gasteiger partial charge in [0.1, 0.15) is 5.82 Å². The molecule has 2 aromatic carbocycles. The SMILES string of the molecule is COc1ncc(C(=O)N2CC3(CCC(NC(=O)Cc4ccccc4Cc4ccc(F)cc4)CC3)C2)cc1F. The third-order valence-electron chi connectivity index (χ3n) is 7.78. The Morgan fingerprint density at radius 2 is 1.74 bits per heavy atom. The summed E-state index contributed by atoms with van der Waals surface area (Å²) in [6.45, 7) is 1.27. The fraction of sp³-hybridized carbons (Fsp3) is 0.367. The summed E-state index contributed by atoms with van der Waals surface area (Å²) in [5.41, 5.74) is 3.32. The van der Waals surface area contributed by atoms with Crippen molar-refractivity contribution in [3.8, 4) is 5.88 Å². The van der Waals surface area contributed by atoms with Crippen LogP contribution < -0.4 is 10.1 Å². The van der Waals surface area contributed by atoms with Crippen molar-refractivity contribution in [1.29, 1.82) is 0 Å². The zero-order valence-electron chi connectivity index (χ0n) is 21.4. The number of amides is 2. The van der Waals surface area contributed by atoms with E-state index in [4.69, 9.17) is 4.74 Å². The minimum absolute atomic E-state index is 0.00282. The minimum atomic E-state index is -0.650. The third-order valence-corrected chi connectivity index (χ3v) is 7.78. The molecule has 198 valence electrons. The lowest BCUT2D eigenvalue weighted by molar-refractivity contribution is -0.121. The standard InChI is InChI=1S/C30H31F2N3O3/c1-38-28-26(32)15-23(17-33-28)29(37)35-18-30(19-35)12-10-25(11-13-30)34-27(36)16-22-5-3-2-4-21(22)14-20-6-8-24(31)9-7-20/h2-9,15,17,25H,10-14,16,18-19H2,1H3,(H,34,36). The smallest absolute Gasteiger partial charge is 0.255 e. The van der Waals surface area contributed by atoms with E-state index in [9.17, 15) is 18.4 Å². The van der Waals surface area contributed by atoms with Gasteiger partial charge in [0.05, 0.1) is 19.1 Å². The number of pyridine rings is 1. The first-order valence-electron chi connectivity index (χ1n) is 12.9. The van der Waals surface area contributed by atoms with E-state index in [-0.39, 0.29) is 40.5 Å². The Morgan fingerprint density at radius 3 is 2.39 bits per heavy atom. The topological polar surface area (TPSA) is 71.5 Å². The van der Waals surface area contributed by atoms with Crippen molar-refractivity contribution in [1.82, 2.24) is 15.2 Å². The predicted molar refractivity (Wildman–Crippen MR) is 139 cm³/mol. The molecule has 1 aliphatic heterocycles. The lowest BCUT2D eigenvalue weighted by Gasteiger charge is -2.53. The number of aromatic nitrogens is 1. The summed E-state index contributed by atoms with van der Waals surface area (Å²) in [5, 5.41) is 3.20. The molecule has 5 rings (SSSR count). The Hall–Kier alpha value is -3.81. The van der Waals surface area contributed by atoms with E-state index in [1.807, 2.05) is 24.3 Å². The normalized spacial score (nSPS) is 16.7. The molecule has 38 heavy (non-hydrogen) atoms. The summed E-state index contributed by atoms with van der Waals surface area (Å²) in [6.07, 6.45) is 5.88. The Morgan fingerprint density at radius 1 is 1.05 bits per heavy atom. The van der Waals surface area contributed by atoms with Crippen molar-refractivity contribution in [2.75, 3.05) is 20.2 Å². The van der Waals surface area contributed by atoms with Gasteiger partial charge in [-0.2, -0.15) is 0 Å². The van der Waals surface area contributed by atoms with Crippen molar-refractivity contribution in [3.05, 3.63) is 94.7 Å². The van der Waals surface area contributed by atoms with Gasteiger partial charge in [0.15, 0.2) is 5.82 Å². The maximum atomic E-state index is 14.0. The van der Waals surface area contributed by atoms with Crippen molar-refractivity contribution in [2.45, 2.75) is 44.6 Å². The number of methoxy groups -OCH3 is 1. The highest BCUT2D eigenvalue weighted by Gasteiger charge is 2.47. The van der Waals surface area contributed by atoms with Gasteiger partial charge in [0, 0.05) is 30.7 Å². The molecule has 1 saturated carbocycles. The van der Waals surface area contributed by atoms with E-state index in [1.54, 1.807) is 17.0 Å². The average molecular weight is 520 g/mol. The molecule has 3 aromatic rings. The van der Waals surface area contributed by atoms with Gasteiger partial charge in [0.2, 0.25) is 11.8 Å². The molecule has 2 fully saturated rings. The second kappa shape index (κ2) is 10.9. The first-order valence-corrected chi connectivity index (χ1v) is 12.9. The molecule has 0 radical (unpaired) electrons. The summed E-state index contributed by atoms with van der Waals surface area (Å²) in [5.74, 6) is -1.26. The number of nitrogens with zero attached hydrogens (tertiary/aromatic N) is 2. The summed E-state index contributed by atoms with van der Waals surface area (Å²) < 4.78 is 32.0. The van der Waals surface area contributed by atoms with Gasteiger partial charge in [-0.15, -0.1) is 0 Å². The second-order valence-electron chi connectivity index (χ2n) is 10.5. The predicted octanol–water partition coefficient (Wildman–Crippen LogP) is 4.70. The van der Waals surface area contributed by atoms with Crippen LogP contribution in [0, 0.1) is 17.0 Å². The molecule has 1 aromatic heterocycles. The number of carbonyl (C=O) groups excluding carboxylic acids is 2. The molecule has 2 amide bonds. The van der Waals surface area contributed by atoms with Gasteiger partial charge in [-0.25, -0.2) is 13.8 Å². The molecular weight excluding hydrogens is 488 g/mol. The summed E-state index contributed by atoms with van der Waals surface area (Å²) >= 11 is 0. The van der Waals surface area contributed by atoms with Crippen molar-refractivity contribution in [3.63, 3.8) is 0 Å². The fourth-order valence-electron chi connectivity index (χ4n) is 5.65. The number of rotatable bonds is 7. The first kappa shape index (κ1) is 25.8. The van der Waals surface area contributed by atoms with Gasteiger partial charge in [-0.3, -0.25) is 9.59 Å². The van der Waals surface area contributed by atoms with E-state index in [2.05, 4.69) is 10.3 Å². The molecule has 0 atom stereocenters. The van der Waals surface area contributed by atoms with Gasteiger partial charge in [0.25, 0.3) is 5.91 Å². The number of benzene rings is 2. The Labute approximate surface area is 221 Å². The van der Waals surface area contributed by atoms with E-state index >= 15 is 0 Å². The highest BCUT2D eigenvalue weighted by molar-refractivity contribution is 5.94. The number of likely N-dealkylation sites (tertiary alicyclic amines) is 1. The molecule has 1 N–H and O–H groups in total. The highest BCUT2D eigenvalue weighted by atomic mass is 19.1. The van der Waals surface area contributed by atoms with Crippen molar-refractivity contribution < 1.29 is 23.1 Å². The van der Waals surface area contributed by atoms with E-state index < -0.39 is 5.82 Å². The first-order chi connectivity index (χ1) is 18.3. The molecule has 1 aliphatic carbocycles. The summed E-state index contributed by atoms with van der Waals surface area (Å²) in [4.78, 5) is 31.2. The molecular formula is C30H31F2N3O3. The van der Waals surface area contributed by atoms with E-state index in [1.165, 1.54) is 31.5 Å². The lowest BCUT2D eigenvalue weighted by Crippen LogP contribution is -2.60. The molecule has 8 heteroatoms. The molecule has 1 saturated heterocycles. The Bertz CT molecular complexity index is 1310. The largest absolute Gasteiger partial charge is 0.479 e. The van der Waals surface area contributed by atoms with Crippen LogP contribution in [0.25, 0.3) is 0 Å². The quantitative estimate of drug-likeness (QED) is 0.491. The van der Waals surface area contributed by atoms with Gasteiger partial charge >= 0.3 is 0 Å². The maximum absolute atomic E-state index is 14.0. The molecule has 2 aliphatic rings. The average Bonchev–Trinajstić information content (AvgIpc) is 2.90. The number of ether oxygens (including phenoxy) is 1. The second-order valence-corrected chi connectivity index (χ2v) is 10.5. The number of carbonyl (C=O) groups is 2. The van der Waals surface area contributed by atoms with Crippen LogP contribution in [0.15, 0.2) is 60.8 Å².